The van der Waals surface area contributed by atoms with Gasteiger partial charge in [0, 0.05) is 33.2 Å². The first-order valence-electron chi connectivity index (χ1n) is 12.8. The standard InChI is InChI=1S/C35H23NS/c1-2-12-28-26(10-1)27-11-3-4-13-29(27)32-19-24(16-17-30(28)32)22-8-7-9-23(18-22)25-20-33-31-14-5-6-15-34(31)37-35(33)36-21-25/h1-18,20-21,24H,19H2. The van der Waals surface area contributed by atoms with Crippen LogP contribution in [0.3, 0.4) is 0 Å². The summed E-state index contributed by atoms with van der Waals surface area (Å²) >= 11 is 1.77. The number of hydrogen-bond acceptors (Lipinski definition) is 2. The molecule has 2 heteroatoms. The highest BCUT2D eigenvalue weighted by molar-refractivity contribution is 7.25. The molecule has 0 saturated heterocycles. The van der Waals surface area contributed by atoms with Gasteiger partial charge in [-0.15, -0.1) is 11.3 Å². The van der Waals surface area contributed by atoms with Crippen LogP contribution >= 0.6 is 11.3 Å². The van der Waals surface area contributed by atoms with Crippen molar-refractivity contribution >= 4 is 59.3 Å². The highest BCUT2D eigenvalue weighted by atomic mass is 32.1. The second-order valence-corrected chi connectivity index (χ2v) is 11.0. The van der Waals surface area contributed by atoms with E-state index < -0.39 is 0 Å². The number of hydrogen-bond donors (Lipinski definition) is 0. The summed E-state index contributed by atoms with van der Waals surface area (Å²) in [4.78, 5) is 5.94. The molecule has 0 radical (unpaired) electrons. The summed E-state index contributed by atoms with van der Waals surface area (Å²) in [5, 5.41) is 7.95. The minimum atomic E-state index is 0.343. The molecule has 8 rings (SSSR count). The molecule has 1 aliphatic rings. The van der Waals surface area contributed by atoms with Crippen LogP contribution in [0.25, 0.3) is 59.1 Å². The smallest absolute Gasteiger partial charge is 0.124 e. The molecular weight excluding hydrogens is 466 g/mol. The highest BCUT2D eigenvalue weighted by Gasteiger charge is 2.21. The molecule has 1 unspecified atom stereocenters. The van der Waals surface area contributed by atoms with Crippen LogP contribution in [-0.2, 0) is 6.42 Å². The lowest BCUT2D eigenvalue weighted by molar-refractivity contribution is 0.835. The minimum Gasteiger partial charge on any atom is -0.245 e. The Labute approximate surface area is 219 Å². The molecule has 0 N–H and O–H groups in total. The molecule has 37 heavy (non-hydrogen) atoms. The number of aromatic nitrogens is 1. The third-order valence-electron chi connectivity index (χ3n) is 7.89. The molecule has 2 heterocycles. The van der Waals surface area contributed by atoms with Crippen molar-refractivity contribution in [1.82, 2.24) is 4.98 Å². The zero-order valence-electron chi connectivity index (χ0n) is 20.2. The molecular formula is C35H23NS. The Morgan fingerprint density at radius 3 is 2.22 bits per heavy atom. The second kappa shape index (κ2) is 8.12. The van der Waals surface area contributed by atoms with Gasteiger partial charge in [-0.05, 0) is 62.4 Å². The van der Waals surface area contributed by atoms with Crippen molar-refractivity contribution in [2.45, 2.75) is 12.3 Å². The molecule has 5 aromatic carbocycles. The maximum absolute atomic E-state index is 4.83. The van der Waals surface area contributed by atoms with Crippen molar-refractivity contribution in [3.63, 3.8) is 0 Å². The summed E-state index contributed by atoms with van der Waals surface area (Å²) in [5.41, 5.74) is 6.59. The quantitative estimate of drug-likeness (QED) is 0.220. The first kappa shape index (κ1) is 20.9. The number of nitrogens with zero attached hydrogens (tertiary/aromatic N) is 1. The van der Waals surface area contributed by atoms with E-state index in [0.717, 1.165) is 11.3 Å². The summed E-state index contributed by atoms with van der Waals surface area (Å²) in [6, 6.07) is 37.7. The third-order valence-corrected chi connectivity index (χ3v) is 8.98. The molecule has 1 aliphatic carbocycles. The monoisotopic (exact) mass is 489 g/mol. The molecule has 7 aromatic rings. The average Bonchev–Trinajstić information content (AvgIpc) is 3.35. The van der Waals surface area contributed by atoms with Crippen molar-refractivity contribution in [3.05, 3.63) is 132 Å². The molecule has 0 aliphatic heterocycles. The van der Waals surface area contributed by atoms with E-state index in [2.05, 4.69) is 115 Å². The van der Waals surface area contributed by atoms with Crippen LogP contribution in [0.2, 0.25) is 0 Å². The molecule has 174 valence electrons. The summed E-state index contributed by atoms with van der Waals surface area (Å²) in [5.74, 6) is 0.343. The Morgan fingerprint density at radius 1 is 0.622 bits per heavy atom. The van der Waals surface area contributed by atoms with Gasteiger partial charge in [0.15, 0.2) is 0 Å². The van der Waals surface area contributed by atoms with Crippen LogP contribution in [0, 0.1) is 0 Å². The number of thiophene rings is 1. The van der Waals surface area contributed by atoms with Crippen LogP contribution < -0.4 is 0 Å². The first-order chi connectivity index (χ1) is 18.3. The Morgan fingerprint density at radius 2 is 1.35 bits per heavy atom. The van der Waals surface area contributed by atoms with Crippen molar-refractivity contribution in [1.29, 1.82) is 0 Å². The predicted octanol–water partition coefficient (Wildman–Crippen LogP) is 9.78. The fourth-order valence-corrected chi connectivity index (χ4v) is 7.12. The van der Waals surface area contributed by atoms with Crippen LogP contribution in [0.1, 0.15) is 22.6 Å². The van der Waals surface area contributed by atoms with Crippen molar-refractivity contribution in [2.24, 2.45) is 0 Å². The lowest BCUT2D eigenvalue weighted by atomic mass is 9.80. The lowest BCUT2D eigenvalue weighted by Gasteiger charge is -2.24. The SMILES string of the molecule is C1=CC(c2cccc(-c3cnc4sc5ccccc5c4c3)c2)Cc2c1c1ccccc1c1ccccc21. The molecule has 0 fully saturated rings. The Kier molecular flexibility index (Phi) is 4.58. The Balaban J connectivity index is 1.23. The topological polar surface area (TPSA) is 12.9 Å². The number of rotatable bonds is 2. The van der Waals surface area contributed by atoms with Gasteiger partial charge in [-0.25, -0.2) is 4.98 Å². The van der Waals surface area contributed by atoms with Gasteiger partial charge >= 0.3 is 0 Å². The Hall–Kier alpha value is -4.27. The van der Waals surface area contributed by atoms with Gasteiger partial charge in [-0.2, -0.15) is 0 Å². The van der Waals surface area contributed by atoms with Gasteiger partial charge in [0.1, 0.15) is 4.83 Å². The number of pyridine rings is 1. The number of fused-ring (bicyclic) bond motifs is 9. The van der Waals surface area contributed by atoms with E-state index in [1.807, 2.05) is 6.20 Å². The summed E-state index contributed by atoms with van der Waals surface area (Å²) in [6.07, 6.45) is 7.79. The predicted molar refractivity (Wildman–Crippen MR) is 159 cm³/mol. The van der Waals surface area contributed by atoms with Crippen LogP contribution in [0.15, 0.2) is 115 Å². The molecule has 0 saturated carbocycles. The van der Waals surface area contributed by atoms with Crippen molar-refractivity contribution in [2.75, 3.05) is 0 Å². The largest absolute Gasteiger partial charge is 0.245 e. The molecule has 2 aromatic heterocycles. The Bertz CT molecular complexity index is 2030. The van der Waals surface area contributed by atoms with Crippen molar-refractivity contribution < 1.29 is 0 Å². The number of benzene rings is 5. The van der Waals surface area contributed by atoms with Crippen LogP contribution in [-0.4, -0.2) is 4.98 Å². The fraction of sp³-hybridized carbons (Fsp3) is 0.0571. The van der Waals surface area contributed by atoms with E-state index in [4.69, 9.17) is 4.98 Å². The fourth-order valence-electron chi connectivity index (χ4n) is 6.10. The molecule has 0 amide bonds. The average molecular weight is 490 g/mol. The van der Waals surface area contributed by atoms with Crippen LogP contribution in [0.4, 0.5) is 0 Å². The molecule has 1 atom stereocenters. The molecule has 1 nitrogen and oxygen atoms in total. The van der Waals surface area contributed by atoms with E-state index in [0.29, 0.717) is 5.92 Å². The third kappa shape index (κ3) is 3.26. The van der Waals surface area contributed by atoms with Crippen molar-refractivity contribution in [3.8, 4) is 11.1 Å². The number of allylic oxidation sites excluding steroid dienone is 1. The maximum Gasteiger partial charge on any atom is 0.124 e. The highest BCUT2D eigenvalue weighted by Crippen LogP contribution is 2.41. The molecule has 0 bridgehead atoms. The van der Waals surface area contributed by atoms with Gasteiger partial charge in [-0.3, -0.25) is 0 Å². The first-order valence-corrected chi connectivity index (χ1v) is 13.6. The zero-order chi connectivity index (χ0) is 24.3. The maximum atomic E-state index is 4.83. The van der Waals surface area contributed by atoms with Gasteiger partial charge in [0.2, 0.25) is 0 Å². The zero-order valence-corrected chi connectivity index (χ0v) is 21.0. The van der Waals surface area contributed by atoms with Gasteiger partial charge in [0.25, 0.3) is 0 Å². The minimum absolute atomic E-state index is 0.343. The lowest BCUT2D eigenvalue weighted by Crippen LogP contribution is -2.07. The van der Waals surface area contributed by atoms with E-state index in [9.17, 15) is 0 Å². The van der Waals surface area contributed by atoms with E-state index in [1.165, 1.54) is 64.8 Å². The summed E-state index contributed by atoms with van der Waals surface area (Å²) in [7, 11) is 0. The normalized spacial score (nSPS) is 15.1. The van der Waals surface area contributed by atoms with E-state index in [-0.39, 0.29) is 0 Å². The van der Waals surface area contributed by atoms with Crippen LogP contribution in [0.5, 0.6) is 0 Å². The van der Waals surface area contributed by atoms with Gasteiger partial charge in [-0.1, -0.05) is 103 Å². The van der Waals surface area contributed by atoms with Gasteiger partial charge < -0.3 is 0 Å². The van der Waals surface area contributed by atoms with E-state index in [1.54, 1.807) is 11.3 Å². The molecule has 0 spiro atoms. The summed E-state index contributed by atoms with van der Waals surface area (Å²) < 4.78 is 1.29. The second-order valence-electron chi connectivity index (χ2n) is 9.95. The van der Waals surface area contributed by atoms with E-state index >= 15 is 0 Å². The van der Waals surface area contributed by atoms with Gasteiger partial charge in [0.05, 0.1) is 0 Å². The summed E-state index contributed by atoms with van der Waals surface area (Å²) in [6.45, 7) is 0.